The van der Waals surface area contributed by atoms with E-state index in [2.05, 4.69) is 0 Å². The van der Waals surface area contributed by atoms with E-state index in [1.54, 1.807) is 25.7 Å². The van der Waals surface area contributed by atoms with Crippen LogP contribution in [-0.4, -0.2) is 23.6 Å². The summed E-state index contributed by atoms with van der Waals surface area (Å²) in [5, 5.41) is 10.1. The first-order valence-electron chi connectivity index (χ1n) is 6.07. The van der Waals surface area contributed by atoms with Crippen LogP contribution < -0.4 is 0 Å². The topological polar surface area (TPSA) is 46.5 Å². The minimum atomic E-state index is -1.41. The number of hydrogen-bond donors (Lipinski definition) is 1. The van der Waals surface area contributed by atoms with Gasteiger partial charge in [-0.3, -0.25) is 4.79 Å². The van der Waals surface area contributed by atoms with E-state index in [0.717, 1.165) is 0 Å². The molecule has 0 aromatic rings. The van der Waals surface area contributed by atoms with Crippen molar-refractivity contribution in [1.29, 1.82) is 0 Å². The maximum absolute atomic E-state index is 11.6. The SMILES string of the molecule is COC1=CC(=O)C(O)([C]2[CH][CH][CH][CH]2)C1.[CH]1[CH][CH][CH][CH]1.[Fe+2]. The van der Waals surface area contributed by atoms with Gasteiger partial charge in [0, 0.05) is 18.4 Å². The van der Waals surface area contributed by atoms with Crippen LogP contribution in [-0.2, 0) is 26.6 Å². The van der Waals surface area contributed by atoms with Crippen molar-refractivity contribution in [3.8, 4) is 0 Å². The quantitative estimate of drug-likeness (QED) is 0.789. The summed E-state index contributed by atoms with van der Waals surface area (Å²) in [6, 6.07) is 0. The van der Waals surface area contributed by atoms with Crippen molar-refractivity contribution in [2.24, 2.45) is 0 Å². The second kappa shape index (κ2) is 8.21. The molecule has 0 spiro atoms. The molecule has 3 aliphatic carbocycles. The Bertz CT molecular complexity index is 336. The van der Waals surface area contributed by atoms with Gasteiger partial charge in [0.2, 0.25) is 0 Å². The molecule has 3 aliphatic rings. The minimum absolute atomic E-state index is 0. The van der Waals surface area contributed by atoms with E-state index < -0.39 is 5.60 Å². The summed E-state index contributed by atoms with van der Waals surface area (Å²) in [5.41, 5.74) is -1.41. The molecule has 10 radical (unpaired) electrons. The summed E-state index contributed by atoms with van der Waals surface area (Å²) in [5.74, 6) is 0.852. The van der Waals surface area contributed by atoms with Crippen LogP contribution in [0.2, 0.25) is 0 Å². The van der Waals surface area contributed by atoms with Crippen LogP contribution >= 0.6 is 0 Å². The van der Waals surface area contributed by atoms with Crippen LogP contribution in [0.4, 0.5) is 0 Å². The summed E-state index contributed by atoms with van der Waals surface area (Å²) < 4.78 is 4.96. The molecule has 3 nitrogen and oxygen atoms in total. The Balaban J connectivity index is 0.000000283. The number of rotatable bonds is 2. The summed E-state index contributed by atoms with van der Waals surface area (Å²) in [6.07, 6.45) is 18.7. The maximum atomic E-state index is 11.6. The zero-order chi connectivity index (χ0) is 13.7. The van der Waals surface area contributed by atoms with Crippen LogP contribution in [0, 0.1) is 63.7 Å². The van der Waals surface area contributed by atoms with E-state index in [-0.39, 0.29) is 29.3 Å². The molecule has 2 saturated carbocycles. The standard InChI is InChI=1S/C11H11O3.C5H5.Fe/c1-14-9-6-10(12)11(13,7-9)8-4-2-3-5-8;1-2-4-5-3-1;/h2-6,13H,7H2,1H3;1-5H;/q;;+2. The molecule has 0 saturated heterocycles. The molecule has 0 bridgehead atoms. The third-order valence-electron chi connectivity index (χ3n) is 3.09. The number of carbonyl (C=O) groups excluding carboxylic acids is 1. The van der Waals surface area contributed by atoms with Gasteiger partial charge in [-0.1, -0.05) is 0 Å². The molecule has 0 heterocycles. The molecule has 1 N–H and O–H groups in total. The number of methoxy groups -OCH3 is 1. The Kier molecular flexibility index (Phi) is 7.28. The predicted octanol–water partition coefficient (Wildman–Crippen LogP) is 1.64. The van der Waals surface area contributed by atoms with Gasteiger partial charge >= 0.3 is 17.1 Å². The molecular formula is C16H16FeO3+2. The van der Waals surface area contributed by atoms with E-state index in [9.17, 15) is 9.90 Å². The van der Waals surface area contributed by atoms with E-state index in [1.807, 2.05) is 32.1 Å². The zero-order valence-corrected chi connectivity index (χ0v) is 12.2. The van der Waals surface area contributed by atoms with Gasteiger partial charge in [-0.15, -0.1) is 0 Å². The normalized spacial score (nSPS) is 29.5. The zero-order valence-electron chi connectivity index (χ0n) is 11.1. The first kappa shape index (κ1) is 17.7. The molecule has 0 amide bonds. The molecule has 3 rings (SSSR count). The van der Waals surface area contributed by atoms with Crippen LogP contribution in [0.3, 0.4) is 0 Å². The molecule has 1 atom stereocenters. The molecule has 2 fully saturated rings. The van der Waals surface area contributed by atoms with Crippen molar-refractivity contribution in [3.63, 3.8) is 0 Å². The second-order valence-corrected chi connectivity index (χ2v) is 4.35. The van der Waals surface area contributed by atoms with E-state index in [1.165, 1.54) is 13.2 Å². The number of aliphatic hydroxyl groups is 1. The number of hydrogen-bond acceptors (Lipinski definition) is 3. The Morgan fingerprint density at radius 3 is 1.95 bits per heavy atom. The van der Waals surface area contributed by atoms with Gasteiger partial charge in [-0.05, 0) is 57.8 Å². The van der Waals surface area contributed by atoms with Gasteiger partial charge in [0.05, 0.1) is 7.11 Å². The van der Waals surface area contributed by atoms with Gasteiger partial charge in [-0.25, -0.2) is 0 Å². The molecule has 0 aromatic heterocycles. The third-order valence-corrected chi connectivity index (χ3v) is 3.09. The monoisotopic (exact) mass is 312 g/mol. The van der Waals surface area contributed by atoms with Gasteiger partial charge in [0.15, 0.2) is 5.78 Å². The van der Waals surface area contributed by atoms with Gasteiger partial charge in [0.1, 0.15) is 11.4 Å². The van der Waals surface area contributed by atoms with Crippen molar-refractivity contribution in [1.82, 2.24) is 0 Å². The Labute approximate surface area is 132 Å². The fraction of sp³-hybridized carbons (Fsp3) is 0.188. The van der Waals surface area contributed by atoms with Crippen molar-refractivity contribution in [3.05, 3.63) is 75.5 Å². The third kappa shape index (κ3) is 4.09. The fourth-order valence-electron chi connectivity index (χ4n) is 2.00. The van der Waals surface area contributed by atoms with Crippen LogP contribution in [0.15, 0.2) is 11.8 Å². The maximum Gasteiger partial charge on any atom is 2.00 e. The molecule has 1 unspecified atom stereocenters. The van der Waals surface area contributed by atoms with Crippen molar-refractivity contribution < 1.29 is 31.7 Å². The first-order chi connectivity index (χ1) is 9.16. The van der Waals surface area contributed by atoms with E-state index in [4.69, 9.17) is 4.74 Å². The van der Waals surface area contributed by atoms with Crippen LogP contribution in [0.25, 0.3) is 0 Å². The molecule has 4 heteroatoms. The fourth-order valence-corrected chi connectivity index (χ4v) is 2.00. The Hall–Kier alpha value is -0.311. The number of ether oxygens (including phenoxy) is 1. The summed E-state index contributed by atoms with van der Waals surface area (Å²) in [6.45, 7) is 0. The Morgan fingerprint density at radius 2 is 1.55 bits per heavy atom. The van der Waals surface area contributed by atoms with Crippen molar-refractivity contribution in [2.75, 3.05) is 7.11 Å². The van der Waals surface area contributed by atoms with Gasteiger partial charge in [0.25, 0.3) is 0 Å². The summed E-state index contributed by atoms with van der Waals surface area (Å²) in [7, 11) is 1.50. The van der Waals surface area contributed by atoms with E-state index in [0.29, 0.717) is 11.7 Å². The molecule has 0 aliphatic heterocycles. The summed E-state index contributed by atoms with van der Waals surface area (Å²) in [4.78, 5) is 11.6. The van der Waals surface area contributed by atoms with Gasteiger partial charge in [-0.2, -0.15) is 0 Å². The largest absolute Gasteiger partial charge is 2.00 e. The number of carbonyl (C=O) groups is 1. The van der Waals surface area contributed by atoms with Crippen LogP contribution in [0.5, 0.6) is 0 Å². The minimum Gasteiger partial charge on any atom is -0.501 e. The molecule has 20 heavy (non-hydrogen) atoms. The average Bonchev–Trinajstić information content (AvgIpc) is 3.12. The van der Waals surface area contributed by atoms with Crippen molar-refractivity contribution >= 4 is 5.78 Å². The number of ketones is 1. The predicted molar refractivity (Wildman–Crippen MR) is 71.6 cm³/mol. The van der Waals surface area contributed by atoms with E-state index >= 15 is 0 Å². The Morgan fingerprint density at radius 1 is 1.05 bits per heavy atom. The first-order valence-corrected chi connectivity index (χ1v) is 6.07. The van der Waals surface area contributed by atoms with Gasteiger partial charge < -0.3 is 9.84 Å². The molecular weight excluding hydrogens is 296 g/mol. The molecule has 0 aromatic carbocycles. The second-order valence-electron chi connectivity index (χ2n) is 4.35. The van der Waals surface area contributed by atoms with Crippen LogP contribution in [0.1, 0.15) is 6.42 Å². The summed E-state index contributed by atoms with van der Waals surface area (Å²) >= 11 is 0. The average molecular weight is 312 g/mol. The molecule has 104 valence electrons. The smallest absolute Gasteiger partial charge is 0.501 e. The van der Waals surface area contributed by atoms with Crippen molar-refractivity contribution in [2.45, 2.75) is 12.0 Å².